The molecule has 184 valence electrons. The Balaban J connectivity index is 0.000000499. The van der Waals surface area contributed by atoms with E-state index in [4.69, 9.17) is 19.3 Å². The van der Waals surface area contributed by atoms with Crippen molar-refractivity contribution in [3.05, 3.63) is 30.1 Å². The Kier molecular flexibility index (Phi) is 6.94. The largest absolute Gasteiger partial charge is 0.497 e. The number of nitrogens with zero attached hydrogens (tertiary/aromatic N) is 5. The third-order valence-electron chi connectivity index (χ3n) is 6.10. The molecule has 5 rings (SSSR count). The van der Waals surface area contributed by atoms with Gasteiger partial charge in [0, 0.05) is 44.9 Å². The van der Waals surface area contributed by atoms with Gasteiger partial charge in [0.1, 0.15) is 23.0 Å². The molecule has 2 fully saturated rings. The average Bonchev–Trinajstić information content (AvgIpc) is 3.54. The van der Waals surface area contributed by atoms with Gasteiger partial charge >= 0.3 is 0 Å². The van der Waals surface area contributed by atoms with Crippen LogP contribution in [0.4, 0.5) is 16.2 Å². The zero-order valence-electron chi connectivity index (χ0n) is 19.7. The number of hydrogen-bond donors (Lipinski definition) is 1. The van der Waals surface area contributed by atoms with E-state index in [9.17, 15) is 12.8 Å². The van der Waals surface area contributed by atoms with Gasteiger partial charge in [0.15, 0.2) is 0 Å². The third-order valence-corrected chi connectivity index (χ3v) is 6.10. The van der Waals surface area contributed by atoms with Crippen LogP contribution < -0.4 is 14.5 Å². The molecular formula is C23H30FN5O4S. The number of rotatable bonds is 4. The summed E-state index contributed by atoms with van der Waals surface area (Å²) in [5.74, 6) is 1.98. The maximum atomic E-state index is 14.8. The first-order chi connectivity index (χ1) is 16.2. The Morgan fingerprint density at radius 2 is 1.59 bits per heavy atom. The number of aryl methyl sites for hydroxylation is 1. The molecule has 0 spiro atoms. The minimum Gasteiger partial charge on any atom is -0.497 e. The summed E-state index contributed by atoms with van der Waals surface area (Å²) in [6.07, 6.45) is 5.42. The summed E-state index contributed by atoms with van der Waals surface area (Å²) in [7, 11) is -0.168. The van der Waals surface area contributed by atoms with Gasteiger partial charge in [0.2, 0.25) is 5.95 Å². The Morgan fingerprint density at radius 3 is 2.15 bits per heavy atom. The molecule has 2 aliphatic rings. The van der Waals surface area contributed by atoms with Crippen LogP contribution in [0.15, 0.2) is 24.3 Å². The van der Waals surface area contributed by atoms with Gasteiger partial charge in [-0.1, -0.05) is 0 Å². The number of aromatic nitrogens is 3. The lowest BCUT2D eigenvalue weighted by Crippen LogP contribution is -2.24. The van der Waals surface area contributed by atoms with Crippen molar-refractivity contribution in [3.63, 3.8) is 0 Å². The molecule has 3 aromatic rings. The maximum absolute atomic E-state index is 14.8. The molecule has 1 N–H and O–H groups in total. The summed E-state index contributed by atoms with van der Waals surface area (Å²) in [6.45, 7) is 4.00. The molecule has 2 aliphatic heterocycles. The van der Waals surface area contributed by atoms with E-state index in [0.29, 0.717) is 17.6 Å². The number of halogens is 1. The molecule has 0 unspecified atom stereocenters. The first kappa shape index (κ1) is 24.2. The van der Waals surface area contributed by atoms with Gasteiger partial charge in [-0.25, -0.2) is 4.39 Å². The summed E-state index contributed by atoms with van der Waals surface area (Å²) in [4.78, 5) is 14.5. The fourth-order valence-corrected chi connectivity index (χ4v) is 4.48. The molecule has 9 nitrogen and oxygen atoms in total. The van der Waals surface area contributed by atoms with Crippen LogP contribution in [-0.4, -0.2) is 67.1 Å². The minimum absolute atomic E-state index is 0.300. The van der Waals surface area contributed by atoms with Gasteiger partial charge in [-0.05, 0) is 43.9 Å². The molecule has 0 saturated carbocycles. The van der Waals surface area contributed by atoms with Crippen LogP contribution in [0.3, 0.4) is 0 Å². The fraction of sp³-hybridized carbons (Fsp3) is 0.478. The van der Waals surface area contributed by atoms with Crippen LogP contribution in [0.25, 0.3) is 22.3 Å². The first-order valence-corrected chi connectivity index (χ1v) is 13.1. The van der Waals surface area contributed by atoms with Crippen molar-refractivity contribution in [1.82, 2.24) is 14.5 Å². The topological polar surface area (TPSA) is 101 Å². The molecule has 1 aromatic carbocycles. The molecule has 0 radical (unpaired) electrons. The Hall–Kier alpha value is -2.92. The molecule has 11 heteroatoms. The van der Waals surface area contributed by atoms with Crippen molar-refractivity contribution < 1.29 is 22.1 Å². The molecule has 34 heavy (non-hydrogen) atoms. The lowest BCUT2D eigenvalue weighted by atomic mass is 10.1. The van der Waals surface area contributed by atoms with Crippen molar-refractivity contribution in [3.8, 4) is 17.0 Å². The molecule has 4 heterocycles. The van der Waals surface area contributed by atoms with Crippen LogP contribution >= 0.6 is 0 Å². The molecular weight excluding hydrogens is 461 g/mol. The molecule has 2 aromatic heterocycles. The second kappa shape index (κ2) is 9.75. The van der Waals surface area contributed by atoms with Gasteiger partial charge in [0.05, 0.1) is 24.4 Å². The van der Waals surface area contributed by atoms with E-state index in [-0.39, 0.29) is 5.82 Å². The van der Waals surface area contributed by atoms with Gasteiger partial charge in [-0.15, -0.1) is 0 Å². The summed E-state index contributed by atoms with van der Waals surface area (Å²) >= 11 is 0. The highest BCUT2D eigenvalue weighted by Gasteiger charge is 2.25. The zero-order chi connectivity index (χ0) is 24.5. The van der Waals surface area contributed by atoms with Crippen molar-refractivity contribution in [2.24, 2.45) is 7.05 Å². The smallest absolute Gasteiger partial charge is 0.261 e. The third kappa shape index (κ3) is 5.25. The summed E-state index contributed by atoms with van der Waals surface area (Å²) in [6, 6.07) is 7.02. The van der Waals surface area contributed by atoms with Crippen molar-refractivity contribution >= 4 is 32.9 Å². The van der Waals surface area contributed by atoms with E-state index in [1.807, 2.05) is 17.7 Å². The Bertz CT molecular complexity index is 1270. The highest BCUT2D eigenvalue weighted by atomic mass is 32.2. The zero-order valence-corrected chi connectivity index (χ0v) is 20.5. The lowest BCUT2D eigenvalue weighted by Gasteiger charge is -2.21. The first-order valence-electron chi connectivity index (χ1n) is 11.3. The SMILES string of the molecule is COc1ccc(-c2cc3c(N4CCCC4)nc(N4CCCC4)nc3n2C)c(F)c1.CS(=O)(=O)O. The number of benzene rings is 1. The fourth-order valence-electron chi connectivity index (χ4n) is 4.48. The summed E-state index contributed by atoms with van der Waals surface area (Å²) in [5.41, 5.74) is 2.20. The van der Waals surface area contributed by atoms with Gasteiger partial charge in [-0.3, -0.25) is 4.55 Å². The number of methoxy groups -OCH3 is 1. The van der Waals surface area contributed by atoms with Gasteiger partial charge in [0.25, 0.3) is 10.1 Å². The number of hydrogen-bond acceptors (Lipinski definition) is 7. The second-order valence-electron chi connectivity index (χ2n) is 8.64. The average molecular weight is 492 g/mol. The van der Waals surface area contributed by atoms with E-state index in [0.717, 1.165) is 54.7 Å². The predicted octanol–water partition coefficient (Wildman–Crippen LogP) is 3.49. The number of anilines is 2. The number of fused-ring (bicyclic) bond motifs is 1. The minimum atomic E-state index is -3.67. The van der Waals surface area contributed by atoms with Gasteiger partial charge in [-0.2, -0.15) is 18.4 Å². The van der Waals surface area contributed by atoms with E-state index in [1.165, 1.54) is 31.7 Å². The van der Waals surface area contributed by atoms with Crippen molar-refractivity contribution in [2.75, 3.05) is 49.3 Å². The Labute approximate surface area is 198 Å². The maximum Gasteiger partial charge on any atom is 0.261 e. The van der Waals surface area contributed by atoms with E-state index < -0.39 is 10.1 Å². The molecule has 0 atom stereocenters. The standard InChI is InChI=1S/C22H26FN5O.CH4O3S/c1-26-19(16-8-7-15(29-2)13-18(16)23)14-17-20(26)24-22(28-11-5-6-12-28)25-21(17)27-9-3-4-10-27;1-5(2,3)4/h7-8,13-14H,3-6,9-12H2,1-2H3;1H3,(H,2,3,4). The molecule has 0 bridgehead atoms. The highest BCUT2D eigenvalue weighted by Crippen LogP contribution is 2.36. The lowest BCUT2D eigenvalue weighted by molar-refractivity contribution is 0.411. The van der Waals surface area contributed by atoms with Crippen LogP contribution in [0, 0.1) is 5.82 Å². The van der Waals surface area contributed by atoms with E-state index in [2.05, 4.69) is 9.80 Å². The van der Waals surface area contributed by atoms with Crippen molar-refractivity contribution in [2.45, 2.75) is 25.7 Å². The Morgan fingerprint density at radius 1 is 1.00 bits per heavy atom. The highest BCUT2D eigenvalue weighted by molar-refractivity contribution is 7.85. The summed E-state index contributed by atoms with van der Waals surface area (Å²) < 4.78 is 47.8. The quantitative estimate of drug-likeness (QED) is 0.554. The second-order valence-corrected chi connectivity index (χ2v) is 10.1. The monoisotopic (exact) mass is 491 g/mol. The van der Waals surface area contributed by atoms with Crippen LogP contribution in [0.2, 0.25) is 0 Å². The number of ether oxygens (including phenoxy) is 1. The van der Waals surface area contributed by atoms with Crippen LogP contribution in [0.5, 0.6) is 5.75 Å². The van der Waals surface area contributed by atoms with E-state index in [1.54, 1.807) is 19.2 Å². The predicted molar refractivity (Wildman–Crippen MR) is 131 cm³/mol. The van der Waals surface area contributed by atoms with Crippen LogP contribution in [-0.2, 0) is 17.2 Å². The van der Waals surface area contributed by atoms with Gasteiger partial charge < -0.3 is 19.1 Å². The van der Waals surface area contributed by atoms with Crippen LogP contribution in [0.1, 0.15) is 25.7 Å². The van der Waals surface area contributed by atoms with E-state index >= 15 is 0 Å². The molecule has 0 aliphatic carbocycles. The molecule has 2 saturated heterocycles. The molecule has 0 amide bonds. The van der Waals surface area contributed by atoms with Crippen molar-refractivity contribution in [1.29, 1.82) is 0 Å². The summed E-state index contributed by atoms with van der Waals surface area (Å²) in [5, 5.41) is 0.988. The normalized spacial score (nSPS) is 16.1.